The lowest BCUT2D eigenvalue weighted by atomic mass is 10.1. The number of amides is 2. The zero-order valence-corrected chi connectivity index (χ0v) is 15.6. The van der Waals surface area contributed by atoms with E-state index in [1.807, 2.05) is 0 Å². The lowest BCUT2D eigenvalue weighted by Gasteiger charge is -2.15. The molecule has 0 aliphatic carbocycles. The standard InChI is InChI=1S/C18H24N2O7/c1-20(2)16(21)10-26-12-5-4-11(8-15(12)25-3)9-19-17(22)13-6-7-14(27-13)18(23)24/h4-5,8,13-14H,6-7,9-10H2,1-3H3,(H,19,22)(H,23,24)/t13-,14+/m0/s1. The minimum Gasteiger partial charge on any atom is -0.493 e. The molecule has 0 spiro atoms. The van der Waals surface area contributed by atoms with E-state index in [0.717, 1.165) is 5.56 Å². The highest BCUT2D eigenvalue weighted by molar-refractivity contribution is 5.82. The van der Waals surface area contributed by atoms with E-state index < -0.39 is 18.2 Å². The molecule has 1 aliphatic heterocycles. The van der Waals surface area contributed by atoms with Crippen molar-refractivity contribution in [3.63, 3.8) is 0 Å². The van der Waals surface area contributed by atoms with Gasteiger partial charge in [-0.05, 0) is 30.5 Å². The summed E-state index contributed by atoms with van der Waals surface area (Å²) in [6.07, 6.45) is -0.993. The van der Waals surface area contributed by atoms with Crippen LogP contribution in [0.3, 0.4) is 0 Å². The number of aliphatic carboxylic acids is 1. The minimum atomic E-state index is -1.06. The number of carboxylic acids is 1. The van der Waals surface area contributed by atoms with Crippen LogP contribution in [-0.4, -0.2) is 67.8 Å². The molecular weight excluding hydrogens is 356 g/mol. The summed E-state index contributed by atoms with van der Waals surface area (Å²) in [5, 5.41) is 11.6. The summed E-state index contributed by atoms with van der Waals surface area (Å²) >= 11 is 0. The van der Waals surface area contributed by atoms with Crippen LogP contribution in [0.1, 0.15) is 18.4 Å². The summed E-state index contributed by atoms with van der Waals surface area (Å²) in [6, 6.07) is 5.11. The average Bonchev–Trinajstić information content (AvgIpc) is 3.14. The van der Waals surface area contributed by atoms with Crippen LogP contribution in [0.2, 0.25) is 0 Å². The molecule has 27 heavy (non-hydrogen) atoms. The molecule has 2 atom stereocenters. The first-order valence-corrected chi connectivity index (χ1v) is 8.47. The third-order valence-corrected chi connectivity index (χ3v) is 4.13. The maximum absolute atomic E-state index is 12.1. The van der Waals surface area contributed by atoms with Crippen LogP contribution in [0.4, 0.5) is 0 Å². The Morgan fingerprint density at radius 1 is 1.22 bits per heavy atom. The summed E-state index contributed by atoms with van der Waals surface area (Å²) in [7, 11) is 4.76. The van der Waals surface area contributed by atoms with E-state index in [1.54, 1.807) is 32.3 Å². The maximum Gasteiger partial charge on any atom is 0.332 e. The Kier molecular flexibility index (Phi) is 7.00. The fourth-order valence-electron chi connectivity index (χ4n) is 2.52. The summed E-state index contributed by atoms with van der Waals surface area (Å²) in [4.78, 5) is 36.0. The van der Waals surface area contributed by atoms with Crippen molar-refractivity contribution >= 4 is 17.8 Å². The number of carbonyl (C=O) groups is 3. The fourth-order valence-corrected chi connectivity index (χ4v) is 2.52. The lowest BCUT2D eigenvalue weighted by molar-refractivity contribution is -0.151. The number of methoxy groups -OCH3 is 1. The number of hydrogen-bond donors (Lipinski definition) is 2. The number of carboxylic acid groups (broad SMARTS) is 1. The molecule has 1 fully saturated rings. The van der Waals surface area contributed by atoms with Crippen molar-refractivity contribution in [3.8, 4) is 11.5 Å². The van der Waals surface area contributed by atoms with E-state index in [1.165, 1.54) is 12.0 Å². The van der Waals surface area contributed by atoms with Gasteiger partial charge in [0.1, 0.15) is 6.10 Å². The van der Waals surface area contributed by atoms with Crippen LogP contribution in [0.25, 0.3) is 0 Å². The minimum absolute atomic E-state index is 0.108. The van der Waals surface area contributed by atoms with Gasteiger partial charge in [-0.15, -0.1) is 0 Å². The van der Waals surface area contributed by atoms with Gasteiger partial charge in [-0.2, -0.15) is 0 Å². The Hall–Kier alpha value is -2.81. The third-order valence-electron chi connectivity index (χ3n) is 4.13. The monoisotopic (exact) mass is 380 g/mol. The molecule has 1 aliphatic rings. The Morgan fingerprint density at radius 3 is 2.52 bits per heavy atom. The van der Waals surface area contributed by atoms with E-state index in [9.17, 15) is 14.4 Å². The zero-order valence-electron chi connectivity index (χ0n) is 15.6. The van der Waals surface area contributed by atoms with E-state index in [-0.39, 0.29) is 25.0 Å². The van der Waals surface area contributed by atoms with Crippen LogP contribution in [0, 0.1) is 0 Å². The van der Waals surface area contributed by atoms with Crippen molar-refractivity contribution in [1.29, 1.82) is 0 Å². The van der Waals surface area contributed by atoms with Crippen molar-refractivity contribution in [3.05, 3.63) is 23.8 Å². The number of hydrogen-bond acceptors (Lipinski definition) is 6. The predicted molar refractivity (Wildman–Crippen MR) is 94.6 cm³/mol. The third kappa shape index (κ3) is 5.58. The molecule has 9 nitrogen and oxygen atoms in total. The highest BCUT2D eigenvalue weighted by Crippen LogP contribution is 2.28. The molecule has 148 valence electrons. The van der Waals surface area contributed by atoms with Crippen molar-refractivity contribution in [2.24, 2.45) is 0 Å². The smallest absolute Gasteiger partial charge is 0.332 e. The SMILES string of the molecule is COc1cc(CNC(=O)[C@@H]2CC[C@H](C(=O)O)O2)ccc1OCC(=O)N(C)C. The normalized spacial score (nSPS) is 18.6. The number of nitrogens with one attached hydrogen (secondary N) is 1. The number of rotatable bonds is 8. The summed E-state index contributed by atoms with van der Waals surface area (Å²) in [5.41, 5.74) is 0.763. The molecule has 0 unspecified atom stereocenters. The van der Waals surface area contributed by atoms with E-state index in [2.05, 4.69) is 5.32 Å². The molecule has 0 aromatic heterocycles. The van der Waals surface area contributed by atoms with Crippen molar-refractivity contribution < 1.29 is 33.7 Å². The average molecular weight is 380 g/mol. The molecule has 2 rings (SSSR count). The van der Waals surface area contributed by atoms with Gasteiger partial charge >= 0.3 is 5.97 Å². The molecule has 1 aromatic rings. The number of carbonyl (C=O) groups excluding carboxylic acids is 2. The van der Waals surface area contributed by atoms with Gasteiger partial charge < -0.3 is 29.5 Å². The van der Waals surface area contributed by atoms with Crippen LogP contribution in [0.15, 0.2) is 18.2 Å². The van der Waals surface area contributed by atoms with Crippen LogP contribution in [-0.2, 0) is 25.7 Å². The number of ether oxygens (including phenoxy) is 3. The highest BCUT2D eigenvalue weighted by Gasteiger charge is 2.34. The van der Waals surface area contributed by atoms with Crippen molar-refractivity contribution in [2.45, 2.75) is 31.6 Å². The lowest BCUT2D eigenvalue weighted by Crippen LogP contribution is -2.35. The molecule has 2 amide bonds. The van der Waals surface area contributed by atoms with Gasteiger partial charge in [0, 0.05) is 20.6 Å². The second kappa shape index (κ2) is 9.22. The van der Waals surface area contributed by atoms with Gasteiger partial charge in [-0.25, -0.2) is 4.79 Å². The number of benzene rings is 1. The van der Waals surface area contributed by atoms with E-state index >= 15 is 0 Å². The van der Waals surface area contributed by atoms with Crippen LogP contribution in [0.5, 0.6) is 11.5 Å². The second-order valence-corrected chi connectivity index (χ2v) is 6.31. The summed E-state index contributed by atoms with van der Waals surface area (Å²) in [5.74, 6) is -0.722. The van der Waals surface area contributed by atoms with Crippen molar-refractivity contribution in [2.75, 3.05) is 27.8 Å². The summed E-state index contributed by atoms with van der Waals surface area (Å²) < 4.78 is 16.0. The van der Waals surface area contributed by atoms with Gasteiger partial charge in [0.05, 0.1) is 7.11 Å². The summed E-state index contributed by atoms with van der Waals surface area (Å²) in [6.45, 7) is 0.118. The van der Waals surface area contributed by atoms with Crippen LogP contribution >= 0.6 is 0 Å². The molecule has 1 aromatic carbocycles. The molecule has 0 saturated carbocycles. The van der Waals surface area contributed by atoms with Gasteiger partial charge in [-0.3, -0.25) is 9.59 Å². The second-order valence-electron chi connectivity index (χ2n) is 6.31. The predicted octanol–water partition coefficient (Wildman–Crippen LogP) is 0.411. The quantitative estimate of drug-likeness (QED) is 0.671. The first-order valence-electron chi connectivity index (χ1n) is 8.47. The first-order chi connectivity index (χ1) is 12.8. The maximum atomic E-state index is 12.1. The Morgan fingerprint density at radius 2 is 1.93 bits per heavy atom. The topological polar surface area (TPSA) is 114 Å². The highest BCUT2D eigenvalue weighted by atomic mass is 16.5. The molecule has 9 heteroatoms. The Bertz CT molecular complexity index is 705. The number of likely N-dealkylation sites (N-methyl/N-ethyl adjacent to an activating group) is 1. The number of nitrogens with zero attached hydrogens (tertiary/aromatic N) is 1. The zero-order chi connectivity index (χ0) is 20.0. The van der Waals surface area contributed by atoms with Crippen molar-refractivity contribution in [1.82, 2.24) is 10.2 Å². The molecule has 0 bridgehead atoms. The molecule has 1 saturated heterocycles. The van der Waals surface area contributed by atoms with Gasteiger partial charge in [0.25, 0.3) is 5.91 Å². The molecular formula is C18H24N2O7. The first kappa shape index (κ1) is 20.5. The molecule has 1 heterocycles. The van der Waals surface area contributed by atoms with E-state index in [4.69, 9.17) is 19.3 Å². The Labute approximate surface area is 157 Å². The largest absolute Gasteiger partial charge is 0.493 e. The fraction of sp³-hybridized carbons (Fsp3) is 0.500. The van der Waals surface area contributed by atoms with Gasteiger partial charge in [0.2, 0.25) is 5.91 Å². The molecule has 2 N–H and O–H groups in total. The van der Waals surface area contributed by atoms with E-state index in [0.29, 0.717) is 24.3 Å². The van der Waals surface area contributed by atoms with Gasteiger partial charge in [-0.1, -0.05) is 6.07 Å². The van der Waals surface area contributed by atoms with Crippen LogP contribution < -0.4 is 14.8 Å². The van der Waals surface area contributed by atoms with Gasteiger partial charge in [0.15, 0.2) is 24.2 Å². The molecule has 0 radical (unpaired) electrons. The Balaban J connectivity index is 1.90.